The van der Waals surface area contributed by atoms with Gasteiger partial charge in [-0.1, -0.05) is 6.58 Å². The highest BCUT2D eigenvalue weighted by Crippen LogP contribution is 2.60. The fraction of sp³-hybridized carbons (Fsp3) is 0.500. The normalized spacial score (nSPS) is 32.0. The lowest BCUT2D eigenvalue weighted by molar-refractivity contribution is -0.339. The number of aliphatic hydroxyl groups is 2. The third-order valence-electron chi connectivity index (χ3n) is 3.37. The predicted molar refractivity (Wildman–Crippen MR) is 79.9 cm³/mol. The second-order valence-corrected chi connectivity index (χ2v) is 9.75. The molecule has 0 saturated carbocycles. The van der Waals surface area contributed by atoms with Crippen molar-refractivity contribution < 1.29 is 66.2 Å². The molecule has 6 atom stereocenters. The van der Waals surface area contributed by atoms with Gasteiger partial charge in [-0.3, -0.25) is 18.2 Å². The van der Waals surface area contributed by atoms with E-state index in [1.54, 1.807) is 0 Å². The Bertz CT molecular complexity index is 839. The molecule has 3 unspecified atom stereocenters. The number of ether oxygens (including phenoxy) is 1. The smallest absolute Gasteiger partial charge is 0.278 e. The van der Waals surface area contributed by atoms with Crippen molar-refractivity contribution in [3.8, 4) is 0 Å². The Balaban J connectivity index is 2.00. The number of amides is 1. The highest BCUT2D eigenvalue weighted by Gasteiger charge is 2.46. The fourth-order valence-electron chi connectivity index (χ4n) is 2.27. The lowest BCUT2D eigenvalue weighted by Gasteiger charge is -2.37. The van der Waals surface area contributed by atoms with E-state index in [0.29, 0.717) is 0 Å². The van der Waals surface area contributed by atoms with Gasteiger partial charge in [0.1, 0.15) is 24.1 Å². The van der Waals surface area contributed by atoms with Gasteiger partial charge in [-0.25, -0.2) is 4.31 Å². The van der Waals surface area contributed by atoms with Crippen LogP contribution in [-0.2, 0) is 36.4 Å². The van der Waals surface area contributed by atoms with E-state index in [9.17, 15) is 48.3 Å². The number of phosphoric acid groups is 3. The summed E-state index contributed by atoms with van der Waals surface area (Å²) in [4.78, 5) is 55.4. The number of aliphatic hydroxyl groups excluding tert-OH is 2. The summed E-state index contributed by atoms with van der Waals surface area (Å²) < 4.78 is 48.6. The Labute approximate surface area is 162 Å². The lowest BCUT2D eigenvalue weighted by atomic mass is 10.1. The Morgan fingerprint density at radius 2 is 1.76 bits per heavy atom. The molecule has 0 radical (unpaired) electrons. The average Bonchev–Trinajstić information content (AvgIpc) is 2.78. The van der Waals surface area contributed by atoms with E-state index in [1.807, 2.05) is 0 Å². The van der Waals surface area contributed by atoms with Gasteiger partial charge in [-0.2, -0.15) is 0 Å². The molecule has 0 aliphatic carbocycles. The largest absolute Gasteiger partial charge is 0.790 e. The van der Waals surface area contributed by atoms with E-state index < -0.39 is 60.5 Å². The molecular weight excluding hydrogens is 465 g/mol. The molecule has 2 heterocycles. The SMILES string of the molecule is C=C1NC(=O)C=CN1[C@@H]1O[C@H](COP(=O)([O-])OP(=O)([O-])OP(=O)([O-])[O-])[C@H](O)C1O. The van der Waals surface area contributed by atoms with Crippen LogP contribution in [0.1, 0.15) is 0 Å². The summed E-state index contributed by atoms with van der Waals surface area (Å²) in [5.41, 5.74) is 0. The monoisotopic (exact) mass is 478 g/mol. The first-order valence-corrected chi connectivity index (χ1v) is 11.7. The van der Waals surface area contributed by atoms with E-state index in [0.717, 1.165) is 11.0 Å². The lowest BCUT2D eigenvalue weighted by Crippen LogP contribution is -2.46. The maximum atomic E-state index is 11.5. The summed E-state index contributed by atoms with van der Waals surface area (Å²) in [6.45, 7) is 2.42. The van der Waals surface area contributed by atoms with Crippen molar-refractivity contribution in [1.29, 1.82) is 0 Å². The molecule has 1 fully saturated rings. The molecule has 0 aromatic carbocycles. The number of hydrogen-bond acceptors (Lipinski definition) is 15. The molecular formula is C10H13N2O14P3-4. The van der Waals surface area contributed by atoms with Crippen LogP contribution < -0.4 is 24.9 Å². The third-order valence-corrected chi connectivity index (χ3v) is 7.04. The number of hydrogen-bond donors (Lipinski definition) is 3. The minimum atomic E-state index is -6.13. The molecule has 1 saturated heterocycles. The molecule has 0 aromatic rings. The molecule has 0 bridgehead atoms. The first-order chi connectivity index (χ1) is 13.1. The van der Waals surface area contributed by atoms with Gasteiger partial charge in [0, 0.05) is 12.3 Å². The van der Waals surface area contributed by atoms with Gasteiger partial charge in [-0.15, -0.1) is 0 Å². The van der Waals surface area contributed by atoms with Crippen LogP contribution in [0.5, 0.6) is 0 Å². The van der Waals surface area contributed by atoms with E-state index >= 15 is 0 Å². The second-order valence-electron chi connectivity index (χ2n) is 5.51. The number of carbonyl (C=O) groups excluding carboxylic acids is 1. The van der Waals surface area contributed by atoms with Crippen molar-refractivity contribution in [2.75, 3.05) is 6.61 Å². The standard InChI is InChI=1S/C10H17N2O14P3/c1-5-11-7(13)2-3-12(5)10-9(15)8(14)6(24-10)4-23-28(19,20)26-29(21,22)25-27(16,17)18/h2-3,6,8-10,14-15H,1,4H2,(H,11,13)(H,19,20)(H,21,22)(H2,16,17,18)/p-4/t6-,8+,9?,10-/m1/s1. The van der Waals surface area contributed by atoms with Gasteiger partial charge < -0.3 is 53.8 Å². The molecule has 0 spiro atoms. The Kier molecular flexibility index (Phi) is 7.25. The van der Waals surface area contributed by atoms with Crippen LogP contribution in [0.4, 0.5) is 0 Å². The summed E-state index contributed by atoms with van der Waals surface area (Å²) in [6, 6.07) is 0. The maximum absolute atomic E-state index is 11.5. The number of carbonyl (C=O) groups is 1. The maximum Gasteiger partial charge on any atom is 0.278 e. The zero-order valence-corrected chi connectivity index (χ0v) is 16.6. The van der Waals surface area contributed by atoms with Gasteiger partial charge in [-0.05, 0) is 0 Å². The minimum absolute atomic E-state index is 0.0303. The topological polar surface area (TPSA) is 253 Å². The van der Waals surface area contributed by atoms with Crippen LogP contribution in [0, 0.1) is 0 Å². The van der Waals surface area contributed by atoms with E-state index in [2.05, 4.69) is 25.0 Å². The molecule has 29 heavy (non-hydrogen) atoms. The van der Waals surface area contributed by atoms with Crippen molar-refractivity contribution >= 4 is 29.4 Å². The summed E-state index contributed by atoms with van der Waals surface area (Å²) >= 11 is 0. The van der Waals surface area contributed by atoms with Crippen molar-refractivity contribution in [2.45, 2.75) is 24.5 Å². The number of nitrogens with zero attached hydrogens (tertiary/aromatic N) is 1. The highest BCUT2D eigenvalue weighted by molar-refractivity contribution is 7.64. The van der Waals surface area contributed by atoms with Crippen LogP contribution in [0.2, 0.25) is 0 Å². The first-order valence-electron chi connectivity index (χ1n) is 7.30. The molecule has 2 aliphatic heterocycles. The zero-order chi connectivity index (χ0) is 22.2. The Hall–Kier alpha value is -0.960. The molecule has 1 amide bonds. The van der Waals surface area contributed by atoms with Gasteiger partial charge >= 0.3 is 0 Å². The third kappa shape index (κ3) is 6.77. The summed E-state index contributed by atoms with van der Waals surface area (Å²) in [6.07, 6.45) is -4.04. The van der Waals surface area contributed by atoms with Crippen LogP contribution in [0.25, 0.3) is 0 Å². The van der Waals surface area contributed by atoms with E-state index in [4.69, 9.17) is 4.74 Å². The van der Waals surface area contributed by atoms with E-state index in [1.165, 1.54) is 6.20 Å². The fourth-order valence-corrected chi connectivity index (χ4v) is 5.13. The van der Waals surface area contributed by atoms with Crippen LogP contribution in [0.15, 0.2) is 24.7 Å². The molecule has 19 heteroatoms. The van der Waals surface area contributed by atoms with Crippen LogP contribution >= 0.6 is 23.5 Å². The number of rotatable bonds is 8. The first kappa shape index (κ1) is 24.3. The number of phosphoric ester groups is 1. The number of nitrogens with one attached hydrogen (secondary N) is 1. The van der Waals surface area contributed by atoms with Gasteiger partial charge in [0.15, 0.2) is 6.23 Å². The molecule has 2 rings (SSSR count). The van der Waals surface area contributed by atoms with Crippen LogP contribution in [-0.4, -0.2) is 52.2 Å². The van der Waals surface area contributed by atoms with Crippen molar-refractivity contribution in [3.05, 3.63) is 24.7 Å². The Morgan fingerprint density at radius 3 is 2.31 bits per heavy atom. The van der Waals surface area contributed by atoms with Gasteiger partial charge in [0.25, 0.3) is 21.6 Å². The predicted octanol–water partition coefficient (Wildman–Crippen LogP) is -4.33. The second kappa shape index (κ2) is 8.65. The quantitative estimate of drug-likeness (QED) is 0.279. The van der Waals surface area contributed by atoms with Crippen molar-refractivity contribution in [3.63, 3.8) is 0 Å². The average molecular weight is 478 g/mol. The summed E-state index contributed by atoms with van der Waals surface area (Å²) in [7, 11) is -18.1. The summed E-state index contributed by atoms with van der Waals surface area (Å²) in [5.74, 6) is -0.550. The highest BCUT2D eigenvalue weighted by atomic mass is 31.3. The van der Waals surface area contributed by atoms with Crippen molar-refractivity contribution in [2.24, 2.45) is 0 Å². The zero-order valence-electron chi connectivity index (χ0n) is 14.0. The molecule has 0 aromatic heterocycles. The van der Waals surface area contributed by atoms with Gasteiger partial charge in [0.2, 0.25) is 0 Å². The Morgan fingerprint density at radius 1 is 1.14 bits per heavy atom. The molecule has 3 N–H and O–H groups in total. The molecule has 16 nitrogen and oxygen atoms in total. The van der Waals surface area contributed by atoms with E-state index in [-0.39, 0.29) is 5.82 Å². The molecule has 2 aliphatic rings. The summed E-state index contributed by atoms with van der Waals surface area (Å²) in [5, 5.41) is 22.3. The van der Waals surface area contributed by atoms with Crippen LogP contribution in [0.3, 0.4) is 0 Å². The minimum Gasteiger partial charge on any atom is -0.790 e. The van der Waals surface area contributed by atoms with Crippen molar-refractivity contribution in [1.82, 2.24) is 10.2 Å². The molecule has 166 valence electrons. The van der Waals surface area contributed by atoms with Gasteiger partial charge in [0.05, 0.1) is 14.4 Å².